The predicted molar refractivity (Wildman–Crippen MR) is 104 cm³/mol. The molecule has 0 atom stereocenters. The van der Waals surface area contributed by atoms with Crippen LogP contribution in [0.4, 0.5) is 0 Å². The van der Waals surface area contributed by atoms with E-state index < -0.39 is 0 Å². The number of benzene rings is 3. The Morgan fingerprint density at radius 2 is 1.54 bits per heavy atom. The van der Waals surface area contributed by atoms with Crippen LogP contribution in [0.25, 0.3) is 22.0 Å². The summed E-state index contributed by atoms with van der Waals surface area (Å²) in [7, 11) is 0. The summed E-state index contributed by atoms with van der Waals surface area (Å²) in [5.74, 6) is 1.33. The van der Waals surface area contributed by atoms with Crippen LogP contribution in [0, 0.1) is 0 Å². The molecule has 0 saturated carbocycles. The van der Waals surface area contributed by atoms with E-state index in [1.807, 2.05) is 78.9 Å². The Balaban J connectivity index is 1.85. The molecule has 1 aromatic heterocycles. The van der Waals surface area contributed by atoms with E-state index in [9.17, 15) is 4.79 Å². The van der Waals surface area contributed by atoms with Crippen LogP contribution < -0.4 is 4.74 Å². The van der Waals surface area contributed by atoms with Gasteiger partial charge in [0.15, 0.2) is 5.78 Å². The first-order chi connectivity index (χ1) is 12.7. The number of ketones is 1. The highest BCUT2D eigenvalue weighted by Gasteiger charge is 2.12. The van der Waals surface area contributed by atoms with Crippen molar-refractivity contribution in [1.82, 2.24) is 4.98 Å². The van der Waals surface area contributed by atoms with Crippen molar-refractivity contribution in [3.8, 4) is 22.8 Å². The summed E-state index contributed by atoms with van der Waals surface area (Å²) in [5, 5.41) is 1.04. The van der Waals surface area contributed by atoms with Crippen molar-refractivity contribution in [2.45, 2.75) is 6.92 Å². The van der Waals surface area contributed by atoms with Gasteiger partial charge in [-0.3, -0.25) is 4.79 Å². The minimum Gasteiger partial charge on any atom is -0.438 e. The number of Topliss-reactive ketones (excluding diaryl/α,β-unsaturated/α-hetero) is 1. The molecular formula is C23H17NO2. The zero-order chi connectivity index (χ0) is 17.9. The molecule has 4 aromatic rings. The van der Waals surface area contributed by atoms with Gasteiger partial charge in [0.25, 0.3) is 0 Å². The summed E-state index contributed by atoms with van der Waals surface area (Å²) in [4.78, 5) is 16.3. The zero-order valence-electron chi connectivity index (χ0n) is 14.3. The molecule has 3 nitrogen and oxygen atoms in total. The van der Waals surface area contributed by atoms with Gasteiger partial charge in [-0.15, -0.1) is 0 Å². The fraction of sp³-hybridized carbons (Fsp3) is 0.0435. The van der Waals surface area contributed by atoms with Crippen molar-refractivity contribution >= 4 is 16.7 Å². The summed E-state index contributed by atoms with van der Waals surface area (Å²) in [5.41, 5.74) is 3.41. The molecule has 26 heavy (non-hydrogen) atoms. The quantitative estimate of drug-likeness (QED) is 0.435. The first-order valence-corrected chi connectivity index (χ1v) is 8.45. The Morgan fingerprint density at radius 3 is 2.27 bits per heavy atom. The highest BCUT2D eigenvalue weighted by atomic mass is 16.5. The summed E-state index contributed by atoms with van der Waals surface area (Å²) < 4.78 is 6.07. The van der Waals surface area contributed by atoms with Gasteiger partial charge in [-0.1, -0.05) is 60.7 Å². The van der Waals surface area contributed by atoms with Crippen molar-refractivity contribution < 1.29 is 9.53 Å². The number of fused-ring (bicyclic) bond motifs is 1. The second kappa shape index (κ2) is 6.81. The third kappa shape index (κ3) is 3.20. The summed E-state index contributed by atoms with van der Waals surface area (Å²) in [6.45, 7) is 1.57. The van der Waals surface area contributed by atoms with Crippen molar-refractivity contribution in [3.63, 3.8) is 0 Å². The van der Waals surface area contributed by atoms with Crippen molar-refractivity contribution in [3.05, 3.63) is 90.5 Å². The molecule has 4 rings (SSSR count). The minimum absolute atomic E-state index is 0.0499. The molecule has 0 saturated heterocycles. The van der Waals surface area contributed by atoms with Crippen LogP contribution >= 0.6 is 0 Å². The molecule has 3 heteroatoms. The van der Waals surface area contributed by atoms with E-state index in [0.717, 1.165) is 27.8 Å². The van der Waals surface area contributed by atoms with E-state index in [1.165, 1.54) is 0 Å². The largest absolute Gasteiger partial charge is 0.438 e. The van der Waals surface area contributed by atoms with Gasteiger partial charge in [-0.2, -0.15) is 0 Å². The summed E-state index contributed by atoms with van der Waals surface area (Å²) in [6.07, 6.45) is 0. The average molecular weight is 339 g/mol. The summed E-state index contributed by atoms with van der Waals surface area (Å²) in [6, 6.07) is 27.2. The van der Waals surface area contributed by atoms with Crippen LogP contribution in [0.2, 0.25) is 0 Å². The van der Waals surface area contributed by atoms with Crippen molar-refractivity contribution in [2.75, 3.05) is 0 Å². The Bertz CT molecular complexity index is 1070. The molecular weight excluding hydrogens is 322 g/mol. The number of hydrogen-bond donors (Lipinski definition) is 0. The molecule has 0 spiro atoms. The van der Waals surface area contributed by atoms with Gasteiger partial charge >= 0.3 is 0 Å². The molecule has 0 N–H and O–H groups in total. The van der Waals surface area contributed by atoms with Gasteiger partial charge in [-0.25, -0.2) is 4.98 Å². The molecule has 126 valence electrons. The minimum atomic E-state index is 0.0499. The number of hydrogen-bond acceptors (Lipinski definition) is 3. The molecule has 0 aliphatic rings. The van der Waals surface area contributed by atoms with Crippen LogP contribution in [0.15, 0.2) is 84.9 Å². The maximum atomic E-state index is 11.5. The standard InChI is InChI=1S/C23H17NO2/c1-16(25)17-11-13-18(14-12-17)21-15-19-7-5-6-10-22(19)24-23(21)26-20-8-3-2-4-9-20/h2-15H,1H3. The Labute approximate surface area is 151 Å². The number of para-hydroxylation sites is 2. The third-order valence-corrected chi connectivity index (χ3v) is 4.25. The van der Waals surface area contributed by atoms with E-state index in [1.54, 1.807) is 6.92 Å². The van der Waals surface area contributed by atoms with Crippen LogP contribution in [0.3, 0.4) is 0 Å². The molecule has 0 aliphatic heterocycles. The molecule has 0 aliphatic carbocycles. The maximum Gasteiger partial charge on any atom is 0.227 e. The number of ether oxygens (including phenoxy) is 1. The highest BCUT2D eigenvalue weighted by Crippen LogP contribution is 2.34. The topological polar surface area (TPSA) is 39.2 Å². The van der Waals surface area contributed by atoms with Crippen LogP contribution in [0.5, 0.6) is 11.6 Å². The first-order valence-electron chi connectivity index (χ1n) is 8.45. The molecule has 0 unspecified atom stereocenters. The third-order valence-electron chi connectivity index (χ3n) is 4.25. The molecule has 3 aromatic carbocycles. The van der Waals surface area contributed by atoms with Gasteiger partial charge in [0.1, 0.15) is 5.75 Å². The summed E-state index contributed by atoms with van der Waals surface area (Å²) >= 11 is 0. The maximum absolute atomic E-state index is 11.5. The number of carbonyl (C=O) groups is 1. The van der Waals surface area contributed by atoms with E-state index in [2.05, 4.69) is 6.07 Å². The monoisotopic (exact) mass is 339 g/mol. The van der Waals surface area contributed by atoms with Gasteiger partial charge < -0.3 is 4.74 Å². The zero-order valence-corrected chi connectivity index (χ0v) is 14.3. The number of nitrogens with zero attached hydrogens (tertiary/aromatic N) is 1. The Morgan fingerprint density at radius 1 is 0.846 bits per heavy atom. The highest BCUT2D eigenvalue weighted by molar-refractivity contribution is 5.95. The second-order valence-electron chi connectivity index (χ2n) is 6.08. The molecule has 0 radical (unpaired) electrons. The Kier molecular flexibility index (Phi) is 4.20. The van der Waals surface area contributed by atoms with Gasteiger partial charge in [0.2, 0.25) is 5.88 Å². The number of carbonyl (C=O) groups excluding carboxylic acids is 1. The van der Waals surface area contributed by atoms with Crippen LogP contribution in [0.1, 0.15) is 17.3 Å². The fourth-order valence-electron chi connectivity index (χ4n) is 2.87. The first kappa shape index (κ1) is 16.0. The predicted octanol–water partition coefficient (Wildman–Crippen LogP) is 5.90. The van der Waals surface area contributed by atoms with Crippen LogP contribution in [-0.4, -0.2) is 10.8 Å². The fourth-order valence-corrected chi connectivity index (χ4v) is 2.87. The van der Waals surface area contributed by atoms with E-state index in [4.69, 9.17) is 9.72 Å². The van der Waals surface area contributed by atoms with E-state index in [0.29, 0.717) is 11.4 Å². The lowest BCUT2D eigenvalue weighted by Gasteiger charge is -2.12. The smallest absolute Gasteiger partial charge is 0.227 e. The molecule has 1 heterocycles. The second-order valence-corrected chi connectivity index (χ2v) is 6.08. The SMILES string of the molecule is CC(=O)c1ccc(-c2cc3ccccc3nc2Oc2ccccc2)cc1. The lowest BCUT2D eigenvalue weighted by Crippen LogP contribution is -1.94. The van der Waals surface area contributed by atoms with E-state index in [-0.39, 0.29) is 5.78 Å². The molecule has 0 bridgehead atoms. The van der Waals surface area contributed by atoms with E-state index >= 15 is 0 Å². The normalized spacial score (nSPS) is 10.7. The van der Waals surface area contributed by atoms with Gasteiger partial charge in [-0.05, 0) is 36.8 Å². The lowest BCUT2D eigenvalue weighted by molar-refractivity contribution is 0.101. The van der Waals surface area contributed by atoms with Gasteiger partial charge in [0, 0.05) is 16.5 Å². The Hall–Kier alpha value is -3.46. The number of rotatable bonds is 4. The van der Waals surface area contributed by atoms with Crippen molar-refractivity contribution in [1.29, 1.82) is 0 Å². The van der Waals surface area contributed by atoms with Gasteiger partial charge in [0.05, 0.1) is 5.52 Å². The average Bonchev–Trinajstić information content (AvgIpc) is 2.68. The number of aromatic nitrogens is 1. The van der Waals surface area contributed by atoms with Crippen molar-refractivity contribution in [2.24, 2.45) is 0 Å². The lowest BCUT2D eigenvalue weighted by atomic mass is 10.0. The number of pyridine rings is 1. The molecule has 0 fully saturated rings. The molecule has 0 amide bonds. The van der Waals surface area contributed by atoms with Crippen LogP contribution in [-0.2, 0) is 0 Å².